The molecular weight excluding hydrogens is 234 g/mol. The van der Waals surface area contributed by atoms with Gasteiger partial charge in [0.25, 0.3) is 0 Å². The maximum atomic E-state index is 6.13. The third kappa shape index (κ3) is 5.05. The summed E-state index contributed by atoms with van der Waals surface area (Å²) in [6, 6.07) is 1.14. The van der Waals surface area contributed by atoms with Crippen LogP contribution in [0.2, 0.25) is 6.04 Å². The van der Waals surface area contributed by atoms with Crippen LogP contribution in [0.1, 0.15) is 40.0 Å². The van der Waals surface area contributed by atoms with Gasteiger partial charge in [0, 0.05) is 31.9 Å². The van der Waals surface area contributed by atoms with E-state index in [1.165, 1.54) is 12.8 Å². The molecule has 4 nitrogen and oxygen atoms in total. The molecule has 0 aromatic heterocycles. The Morgan fingerprint density at radius 1 is 1.06 bits per heavy atom. The van der Waals surface area contributed by atoms with Crippen LogP contribution in [0.15, 0.2) is 0 Å². The first-order valence-corrected chi connectivity index (χ1v) is 8.78. The topological polar surface area (TPSA) is 53.7 Å². The molecule has 0 radical (unpaired) electrons. The Morgan fingerprint density at radius 3 is 1.88 bits per heavy atom. The predicted octanol–water partition coefficient (Wildman–Crippen LogP) is 2.16. The smallest absolute Gasteiger partial charge is 0.374 e. The Morgan fingerprint density at radius 2 is 1.53 bits per heavy atom. The molecule has 1 rings (SSSR count). The van der Waals surface area contributed by atoms with Crippen molar-refractivity contribution in [2.75, 3.05) is 19.8 Å². The summed E-state index contributed by atoms with van der Waals surface area (Å²) in [5, 5.41) is 0. The Labute approximate surface area is 106 Å². The van der Waals surface area contributed by atoms with Gasteiger partial charge in [0.1, 0.15) is 0 Å². The summed E-state index contributed by atoms with van der Waals surface area (Å²) >= 11 is 0. The van der Waals surface area contributed by atoms with Crippen molar-refractivity contribution in [2.45, 2.75) is 52.1 Å². The van der Waals surface area contributed by atoms with Crippen molar-refractivity contribution >= 4 is 8.80 Å². The molecule has 0 heterocycles. The molecule has 0 aromatic rings. The average molecular weight is 261 g/mol. The van der Waals surface area contributed by atoms with Gasteiger partial charge in [-0.3, -0.25) is 0 Å². The summed E-state index contributed by atoms with van der Waals surface area (Å²) < 4.78 is 17.4. The Kier molecular flexibility index (Phi) is 6.65. The van der Waals surface area contributed by atoms with Crippen molar-refractivity contribution < 1.29 is 13.3 Å². The molecule has 0 aromatic carbocycles. The zero-order valence-electron chi connectivity index (χ0n) is 11.4. The summed E-state index contributed by atoms with van der Waals surface area (Å²) in [7, 11) is -2.46. The van der Waals surface area contributed by atoms with Crippen LogP contribution in [0.4, 0.5) is 0 Å². The van der Waals surface area contributed by atoms with Gasteiger partial charge in [0.05, 0.1) is 0 Å². The van der Waals surface area contributed by atoms with E-state index in [1.54, 1.807) is 0 Å². The van der Waals surface area contributed by atoms with E-state index in [0.717, 1.165) is 18.4 Å². The van der Waals surface area contributed by atoms with Gasteiger partial charge in [-0.15, -0.1) is 0 Å². The highest BCUT2D eigenvalue weighted by atomic mass is 28.4. The van der Waals surface area contributed by atoms with Crippen LogP contribution in [-0.2, 0) is 13.3 Å². The van der Waals surface area contributed by atoms with Gasteiger partial charge < -0.3 is 19.0 Å². The molecule has 1 saturated carbocycles. The molecule has 5 heteroatoms. The first-order chi connectivity index (χ1) is 8.17. The molecule has 1 aliphatic carbocycles. The van der Waals surface area contributed by atoms with Gasteiger partial charge in [-0.1, -0.05) is 0 Å². The highest BCUT2D eigenvalue weighted by Crippen LogP contribution is 2.34. The van der Waals surface area contributed by atoms with E-state index in [4.69, 9.17) is 19.0 Å². The molecule has 0 spiro atoms. The normalized spacial score (nSPS) is 18.4. The van der Waals surface area contributed by atoms with E-state index in [0.29, 0.717) is 25.9 Å². The lowest BCUT2D eigenvalue weighted by Crippen LogP contribution is -2.47. The molecule has 0 aliphatic heterocycles. The van der Waals surface area contributed by atoms with Crippen LogP contribution >= 0.6 is 0 Å². The molecule has 0 amide bonds. The fourth-order valence-electron chi connectivity index (χ4n) is 2.10. The minimum atomic E-state index is -2.46. The van der Waals surface area contributed by atoms with Crippen LogP contribution in [0.25, 0.3) is 0 Å². The summed E-state index contributed by atoms with van der Waals surface area (Å²) in [6.45, 7) is 7.89. The number of hydrogen-bond acceptors (Lipinski definition) is 4. The van der Waals surface area contributed by atoms with Gasteiger partial charge in [0.2, 0.25) is 0 Å². The lowest BCUT2D eigenvalue weighted by molar-refractivity contribution is 0.0701. The van der Waals surface area contributed by atoms with Gasteiger partial charge in [0.15, 0.2) is 0 Å². The zero-order chi connectivity index (χ0) is 12.7. The standard InChI is InChI=1S/C12H27NO3Si/c1-4-14-17(15-5-2,16-6-3)10-9-12(13)11-7-8-11/h11-12H,4-10,13H2,1-3H3. The fraction of sp³-hybridized carbons (Fsp3) is 1.00. The van der Waals surface area contributed by atoms with Crippen molar-refractivity contribution in [1.82, 2.24) is 0 Å². The third-order valence-electron chi connectivity index (χ3n) is 3.10. The molecule has 2 N–H and O–H groups in total. The second kappa shape index (κ2) is 7.48. The lowest BCUT2D eigenvalue weighted by atomic mass is 10.1. The SMILES string of the molecule is CCO[Si](CCC(N)C1CC1)(OCC)OCC. The third-order valence-corrected chi connectivity index (χ3v) is 6.19. The van der Waals surface area contributed by atoms with Crippen LogP contribution in [-0.4, -0.2) is 34.7 Å². The molecule has 1 atom stereocenters. The molecular formula is C12H27NO3Si. The second-order valence-corrected chi connectivity index (χ2v) is 7.25. The van der Waals surface area contributed by atoms with Gasteiger partial charge in [-0.05, 0) is 46.0 Å². The van der Waals surface area contributed by atoms with Gasteiger partial charge >= 0.3 is 8.80 Å². The quantitative estimate of drug-likeness (QED) is 0.612. The zero-order valence-corrected chi connectivity index (χ0v) is 12.4. The van der Waals surface area contributed by atoms with Crippen molar-refractivity contribution in [3.8, 4) is 0 Å². The van der Waals surface area contributed by atoms with Crippen LogP contribution < -0.4 is 5.73 Å². The van der Waals surface area contributed by atoms with Crippen LogP contribution in [0, 0.1) is 5.92 Å². The van der Waals surface area contributed by atoms with Crippen LogP contribution in [0.5, 0.6) is 0 Å². The van der Waals surface area contributed by atoms with Crippen molar-refractivity contribution in [2.24, 2.45) is 11.7 Å². The molecule has 1 fully saturated rings. The Bertz CT molecular complexity index is 195. The van der Waals surface area contributed by atoms with E-state index in [1.807, 2.05) is 20.8 Å². The number of hydrogen-bond donors (Lipinski definition) is 1. The van der Waals surface area contributed by atoms with E-state index in [2.05, 4.69) is 0 Å². The summed E-state index contributed by atoms with van der Waals surface area (Å²) in [5.41, 5.74) is 6.13. The Balaban J connectivity index is 2.45. The first kappa shape index (κ1) is 15.1. The molecule has 1 unspecified atom stereocenters. The fourth-order valence-corrected chi connectivity index (χ4v) is 4.79. The van der Waals surface area contributed by atoms with Crippen molar-refractivity contribution in [3.05, 3.63) is 0 Å². The van der Waals surface area contributed by atoms with E-state index in [9.17, 15) is 0 Å². The largest absolute Gasteiger partial charge is 0.500 e. The van der Waals surface area contributed by atoms with Crippen molar-refractivity contribution in [3.63, 3.8) is 0 Å². The lowest BCUT2D eigenvalue weighted by Gasteiger charge is -2.29. The molecule has 102 valence electrons. The summed E-state index contributed by atoms with van der Waals surface area (Å²) in [4.78, 5) is 0. The molecule has 1 aliphatic rings. The highest BCUT2D eigenvalue weighted by Gasteiger charge is 2.41. The van der Waals surface area contributed by atoms with Gasteiger partial charge in [-0.2, -0.15) is 0 Å². The summed E-state index contributed by atoms with van der Waals surface area (Å²) in [5.74, 6) is 0.728. The predicted molar refractivity (Wildman–Crippen MR) is 70.8 cm³/mol. The number of rotatable bonds is 10. The Hall–Kier alpha value is 0.0569. The monoisotopic (exact) mass is 261 g/mol. The van der Waals surface area contributed by atoms with E-state index < -0.39 is 8.80 Å². The van der Waals surface area contributed by atoms with Gasteiger partial charge in [-0.25, -0.2) is 0 Å². The minimum absolute atomic E-state index is 0.295. The van der Waals surface area contributed by atoms with Crippen LogP contribution in [0.3, 0.4) is 0 Å². The first-order valence-electron chi connectivity index (χ1n) is 6.84. The highest BCUT2D eigenvalue weighted by molar-refractivity contribution is 6.60. The number of nitrogens with two attached hydrogens (primary N) is 1. The second-order valence-electron chi connectivity index (χ2n) is 4.52. The average Bonchev–Trinajstić information content (AvgIpc) is 3.11. The minimum Gasteiger partial charge on any atom is -0.374 e. The van der Waals surface area contributed by atoms with E-state index in [-0.39, 0.29) is 0 Å². The maximum absolute atomic E-state index is 6.13. The molecule has 0 saturated heterocycles. The molecule has 17 heavy (non-hydrogen) atoms. The summed E-state index contributed by atoms with van der Waals surface area (Å²) in [6.07, 6.45) is 3.53. The maximum Gasteiger partial charge on any atom is 0.500 e. The van der Waals surface area contributed by atoms with E-state index >= 15 is 0 Å². The van der Waals surface area contributed by atoms with Crippen molar-refractivity contribution in [1.29, 1.82) is 0 Å². The molecule has 0 bridgehead atoms.